The Morgan fingerprint density at radius 3 is 1.15 bits per heavy atom. The fourth-order valence-corrected chi connectivity index (χ4v) is 7.48. The van der Waals surface area contributed by atoms with E-state index < -0.39 is 9.84 Å². The first kappa shape index (κ1) is 26.9. The number of rotatable bonds is 10. The lowest BCUT2D eigenvalue weighted by Gasteiger charge is -2.38. The highest BCUT2D eigenvalue weighted by molar-refractivity contribution is 7.91. The Morgan fingerprint density at radius 1 is 0.513 bits per heavy atom. The van der Waals surface area contributed by atoms with Crippen molar-refractivity contribution in [1.29, 1.82) is 0 Å². The summed E-state index contributed by atoms with van der Waals surface area (Å²) >= 11 is 0. The molecule has 1 aliphatic heterocycles. The molecule has 5 rings (SSSR count). The van der Waals surface area contributed by atoms with Crippen molar-refractivity contribution in [2.24, 2.45) is 0 Å². The van der Waals surface area contributed by atoms with Gasteiger partial charge in [0, 0.05) is 49.6 Å². The van der Waals surface area contributed by atoms with Crippen LogP contribution in [0.25, 0.3) is 0 Å². The number of nitrogens with two attached hydrogens (primary N) is 2. The topological polar surface area (TPSA) is 92.7 Å². The molecule has 4 aromatic carbocycles. The number of nitrogen functional groups attached to an aromatic ring is 2. The molecule has 1 fully saturated rings. The fourth-order valence-electron chi connectivity index (χ4n) is 5.44. The zero-order valence-electron chi connectivity index (χ0n) is 22.1. The Morgan fingerprint density at radius 2 is 0.821 bits per heavy atom. The van der Waals surface area contributed by atoms with Crippen molar-refractivity contribution in [2.75, 3.05) is 23.0 Å². The van der Waals surface area contributed by atoms with Crippen LogP contribution in [0.5, 0.6) is 0 Å². The summed E-state index contributed by atoms with van der Waals surface area (Å²) in [6.07, 6.45) is 0. The van der Waals surface area contributed by atoms with E-state index in [0.29, 0.717) is 37.6 Å². The summed E-state index contributed by atoms with van der Waals surface area (Å²) in [7, 11) is -3.24. The third-order valence-electron chi connectivity index (χ3n) is 7.42. The van der Waals surface area contributed by atoms with Crippen molar-refractivity contribution in [3.05, 3.63) is 131 Å². The van der Waals surface area contributed by atoms with Gasteiger partial charge in [0.1, 0.15) is 0 Å². The Hall–Kier alpha value is -3.65. The minimum absolute atomic E-state index is 0.131. The SMILES string of the molecule is Nc1ccc(CN(Cc2ccccc2)[C@@H]2CS(=O)(=O)C[C@H]2N(Cc2ccccc2)Cc2ccc(N)cc2)cc1. The first-order chi connectivity index (χ1) is 18.8. The molecule has 0 aromatic heterocycles. The zero-order chi connectivity index (χ0) is 27.2. The van der Waals surface area contributed by atoms with Crippen LogP contribution in [0.1, 0.15) is 22.3 Å². The van der Waals surface area contributed by atoms with Crippen molar-refractivity contribution in [3.8, 4) is 0 Å². The van der Waals surface area contributed by atoms with Gasteiger partial charge in [0.25, 0.3) is 0 Å². The van der Waals surface area contributed by atoms with Crippen LogP contribution in [0.3, 0.4) is 0 Å². The Balaban J connectivity index is 1.51. The summed E-state index contributed by atoms with van der Waals surface area (Å²) in [5.74, 6) is 0.263. The van der Waals surface area contributed by atoms with Gasteiger partial charge in [-0.2, -0.15) is 0 Å². The molecule has 4 aromatic rings. The lowest BCUT2D eigenvalue weighted by molar-refractivity contribution is 0.0863. The zero-order valence-corrected chi connectivity index (χ0v) is 22.9. The summed E-state index contributed by atoms with van der Waals surface area (Å²) in [5.41, 5.74) is 17.9. The number of hydrogen-bond donors (Lipinski definition) is 2. The van der Waals surface area contributed by atoms with Crippen LogP contribution in [0, 0.1) is 0 Å². The maximum absolute atomic E-state index is 13.3. The standard InChI is InChI=1S/C32H36N4O2S/c33-29-15-11-27(12-16-29)21-35(19-25-7-3-1-4-8-25)31-23-39(37,38)24-32(31)36(20-26-9-5-2-6-10-26)22-28-13-17-30(34)18-14-28/h1-18,31-32H,19-24,33-34H2/t31-,32-/m1/s1. The number of sulfone groups is 1. The molecule has 6 nitrogen and oxygen atoms in total. The maximum atomic E-state index is 13.3. The van der Waals surface area contributed by atoms with Gasteiger partial charge in [-0.05, 0) is 46.5 Å². The number of benzene rings is 4. The molecule has 1 saturated heterocycles. The number of hydrogen-bond acceptors (Lipinski definition) is 6. The van der Waals surface area contributed by atoms with E-state index in [1.54, 1.807) is 0 Å². The van der Waals surface area contributed by atoms with Gasteiger partial charge in [-0.25, -0.2) is 8.42 Å². The van der Waals surface area contributed by atoms with E-state index in [9.17, 15) is 8.42 Å². The van der Waals surface area contributed by atoms with Gasteiger partial charge >= 0.3 is 0 Å². The molecule has 1 aliphatic rings. The molecule has 0 aliphatic carbocycles. The van der Waals surface area contributed by atoms with Gasteiger partial charge in [-0.15, -0.1) is 0 Å². The van der Waals surface area contributed by atoms with Crippen LogP contribution in [0.2, 0.25) is 0 Å². The summed E-state index contributed by atoms with van der Waals surface area (Å²) in [5, 5.41) is 0. The van der Waals surface area contributed by atoms with Gasteiger partial charge in [0.15, 0.2) is 9.84 Å². The molecule has 7 heteroatoms. The smallest absolute Gasteiger partial charge is 0.153 e. The first-order valence-corrected chi connectivity index (χ1v) is 15.1. The molecule has 0 bridgehead atoms. The van der Waals surface area contributed by atoms with Gasteiger partial charge in [0.05, 0.1) is 11.5 Å². The third kappa shape index (κ3) is 7.26. The van der Waals surface area contributed by atoms with Crippen molar-refractivity contribution in [1.82, 2.24) is 9.80 Å². The summed E-state index contributed by atoms with van der Waals surface area (Å²) < 4.78 is 26.5. The van der Waals surface area contributed by atoms with E-state index in [-0.39, 0.29) is 23.6 Å². The molecule has 0 radical (unpaired) electrons. The molecule has 202 valence electrons. The van der Waals surface area contributed by atoms with Crippen LogP contribution in [-0.2, 0) is 36.0 Å². The predicted molar refractivity (Wildman–Crippen MR) is 159 cm³/mol. The van der Waals surface area contributed by atoms with E-state index in [4.69, 9.17) is 11.5 Å². The summed E-state index contributed by atoms with van der Waals surface area (Å²) in [6, 6.07) is 35.9. The van der Waals surface area contributed by atoms with Crippen LogP contribution in [0.4, 0.5) is 11.4 Å². The van der Waals surface area contributed by atoms with Crippen molar-refractivity contribution >= 4 is 21.2 Å². The fraction of sp³-hybridized carbons (Fsp3) is 0.250. The molecule has 0 spiro atoms. The molecule has 0 amide bonds. The summed E-state index contributed by atoms with van der Waals surface area (Å²) in [6.45, 7) is 2.58. The van der Waals surface area contributed by atoms with Gasteiger partial charge in [-0.1, -0.05) is 84.9 Å². The predicted octanol–water partition coefficient (Wildman–Crippen LogP) is 4.72. The Labute approximate surface area is 231 Å². The Kier molecular flexibility index (Phi) is 8.31. The highest BCUT2D eigenvalue weighted by Crippen LogP contribution is 2.29. The van der Waals surface area contributed by atoms with Gasteiger partial charge < -0.3 is 11.5 Å². The summed E-state index contributed by atoms with van der Waals surface area (Å²) in [4.78, 5) is 4.66. The van der Waals surface area contributed by atoms with Crippen LogP contribution in [0.15, 0.2) is 109 Å². The van der Waals surface area contributed by atoms with Crippen LogP contribution < -0.4 is 11.5 Å². The number of anilines is 2. The van der Waals surface area contributed by atoms with Crippen LogP contribution in [-0.4, -0.2) is 41.8 Å². The lowest BCUT2D eigenvalue weighted by atomic mass is 10.0. The van der Waals surface area contributed by atoms with Crippen molar-refractivity contribution in [3.63, 3.8) is 0 Å². The van der Waals surface area contributed by atoms with Crippen molar-refractivity contribution < 1.29 is 8.42 Å². The van der Waals surface area contributed by atoms with E-state index >= 15 is 0 Å². The first-order valence-electron chi connectivity index (χ1n) is 13.3. The second kappa shape index (κ2) is 12.0. The molecule has 0 saturated carbocycles. The largest absolute Gasteiger partial charge is 0.399 e. The monoisotopic (exact) mass is 540 g/mol. The third-order valence-corrected chi connectivity index (χ3v) is 9.12. The second-order valence-electron chi connectivity index (χ2n) is 10.5. The average Bonchev–Trinajstić information content (AvgIpc) is 3.27. The molecule has 2 atom stereocenters. The van der Waals surface area contributed by atoms with E-state index in [2.05, 4.69) is 34.1 Å². The quantitative estimate of drug-likeness (QED) is 0.283. The Bertz CT molecular complexity index is 1340. The number of nitrogens with zero attached hydrogens (tertiary/aromatic N) is 2. The minimum atomic E-state index is -3.24. The van der Waals surface area contributed by atoms with E-state index in [1.165, 1.54) is 0 Å². The van der Waals surface area contributed by atoms with E-state index in [1.807, 2.05) is 84.9 Å². The maximum Gasteiger partial charge on any atom is 0.153 e. The normalized spacial score (nSPS) is 18.5. The average molecular weight is 541 g/mol. The van der Waals surface area contributed by atoms with Gasteiger partial charge in [0.2, 0.25) is 0 Å². The highest BCUT2D eigenvalue weighted by Gasteiger charge is 2.44. The van der Waals surface area contributed by atoms with Gasteiger partial charge in [-0.3, -0.25) is 9.80 Å². The van der Waals surface area contributed by atoms with E-state index in [0.717, 1.165) is 22.3 Å². The van der Waals surface area contributed by atoms with Crippen LogP contribution >= 0.6 is 0 Å². The lowest BCUT2D eigenvalue weighted by Crippen LogP contribution is -2.50. The minimum Gasteiger partial charge on any atom is -0.399 e. The molecule has 0 unspecified atom stereocenters. The molecule has 1 heterocycles. The molecular weight excluding hydrogens is 504 g/mol. The molecule has 4 N–H and O–H groups in total. The highest BCUT2D eigenvalue weighted by atomic mass is 32.2. The van der Waals surface area contributed by atoms with Crippen molar-refractivity contribution in [2.45, 2.75) is 38.3 Å². The second-order valence-corrected chi connectivity index (χ2v) is 12.6. The molecular formula is C32H36N4O2S. The molecule has 39 heavy (non-hydrogen) atoms.